The maximum atomic E-state index is 13.4. The van der Waals surface area contributed by atoms with E-state index >= 15 is 0 Å². The summed E-state index contributed by atoms with van der Waals surface area (Å²) in [4.78, 5) is 27.4. The van der Waals surface area contributed by atoms with Crippen LogP contribution in [0.3, 0.4) is 0 Å². The molecular formula is C30H32N6O4. The lowest BCUT2D eigenvalue weighted by molar-refractivity contribution is 0.0564. The minimum absolute atomic E-state index is 0.0139. The molecule has 0 bridgehead atoms. The molecule has 10 heteroatoms. The molecule has 2 aromatic heterocycles. The molecule has 1 saturated heterocycles. The van der Waals surface area contributed by atoms with Crippen LogP contribution in [0.1, 0.15) is 70.1 Å². The van der Waals surface area contributed by atoms with Crippen molar-refractivity contribution < 1.29 is 19.4 Å². The van der Waals surface area contributed by atoms with Crippen molar-refractivity contribution >= 4 is 11.9 Å². The number of rotatable bonds is 9. The van der Waals surface area contributed by atoms with E-state index in [-0.39, 0.29) is 29.3 Å². The summed E-state index contributed by atoms with van der Waals surface area (Å²) in [6.45, 7) is 3.90. The Morgan fingerprint density at radius 1 is 1.10 bits per heavy atom. The van der Waals surface area contributed by atoms with Gasteiger partial charge in [-0.15, -0.1) is 5.10 Å². The normalized spacial score (nSPS) is 20.1. The number of carboxylic acid groups (broad SMARTS) is 1. The second kappa shape index (κ2) is 10.7. The van der Waals surface area contributed by atoms with Crippen molar-refractivity contribution in [3.05, 3.63) is 83.4 Å². The molecule has 6 rings (SSSR count). The standard InChI is InChI=1S/C30H32N6O4/c1-3-40-18-23-11-6-12-35(23)29(37)21-9-4-7-19(13-21)20-8-5-10-22(14-20)36-28(26(16-31-36)30(38)39)25-15-24(25)27-17-34(2)33-32-27/h4-5,7-10,13-14,16-17,23-25H,3,6,11-12,15,18H2,1-2H3,(H,38,39)/t23-,24?,25?/m0/s1. The molecule has 10 nitrogen and oxygen atoms in total. The number of hydrogen-bond acceptors (Lipinski definition) is 6. The van der Waals surface area contributed by atoms with Crippen LogP contribution in [0.15, 0.2) is 60.9 Å². The van der Waals surface area contributed by atoms with Gasteiger partial charge >= 0.3 is 5.97 Å². The molecule has 2 aliphatic rings. The number of aromatic carboxylic acids is 1. The van der Waals surface area contributed by atoms with Crippen molar-refractivity contribution in [3.8, 4) is 16.8 Å². The first-order valence-corrected chi connectivity index (χ1v) is 13.7. The maximum Gasteiger partial charge on any atom is 0.339 e. The molecule has 3 atom stereocenters. The Hall–Kier alpha value is -4.31. The Morgan fingerprint density at radius 2 is 1.90 bits per heavy atom. The topological polar surface area (TPSA) is 115 Å². The van der Waals surface area contributed by atoms with Gasteiger partial charge in [-0.1, -0.05) is 29.5 Å². The third-order valence-corrected chi connectivity index (χ3v) is 7.86. The molecule has 3 heterocycles. The van der Waals surface area contributed by atoms with Gasteiger partial charge in [0.25, 0.3) is 5.91 Å². The second-order valence-electron chi connectivity index (χ2n) is 10.5. The van der Waals surface area contributed by atoms with Crippen LogP contribution in [0.25, 0.3) is 16.8 Å². The monoisotopic (exact) mass is 540 g/mol. The molecule has 1 saturated carbocycles. The molecular weight excluding hydrogens is 508 g/mol. The van der Waals surface area contributed by atoms with Crippen LogP contribution in [0, 0.1) is 0 Å². The summed E-state index contributed by atoms with van der Waals surface area (Å²) in [5.74, 6) is -0.896. The minimum atomic E-state index is -1.00. The van der Waals surface area contributed by atoms with Crippen molar-refractivity contribution in [1.29, 1.82) is 0 Å². The number of benzene rings is 2. The highest BCUT2D eigenvalue weighted by Gasteiger charge is 2.46. The van der Waals surface area contributed by atoms with E-state index in [1.807, 2.05) is 73.6 Å². The largest absolute Gasteiger partial charge is 0.478 e. The molecule has 2 fully saturated rings. The van der Waals surface area contributed by atoms with Crippen molar-refractivity contribution in [2.45, 2.75) is 44.1 Å². The molecule has 0 spiro atoms. The smallest absolute Gasteiger partial charge is 0.339 e. The number of carbonyl (C=O) groups excluding carboxylic acids is 1. The van der Waals surface area contributed by atoms with E-state index in [1.54, 1.807) is 9.36 Å². The highest BCUT2D eigenvalue weighted by Crippen LogP contribution is 2.55. The number of carboxylic acids is 1. The van der Waals surface area contributed by atoms with Crippen LogP contribution in [0.5, 0.6) is 0 Å². The van der Waals surface area contributed by atoms with Gasteiger partial charge in [0.15, 0.2) is 0 Å². The van der Waals surface area contributed by atoms with Crippen LogP contribution in [-0.2, 0) is 11.8 Å². The van der Waals surface area contributed by atoms with Gasteiger partial charge in [-0.2, -0.15) is 5.10 Å². The Morgan fingerprint density at radius 3 is 2.65 bits per heavy atom. The zero-order valence-corrected chi connectivity index (χ0v) is 22.6. The van der Waals surface area contributed by atoms with E-state index in [2.05, 4.69) is 15.4 Å². The summed E-state index contributed by atoms with van der Waals surface area (Å²) in [5.41, 5.74) is 4.94. The number of ether oxygens (including phenoxy) is 1. The lowest BCUT2D eigenvalue weighted by Gasteiger charge is -2.24. The van der Waals surface area contributed by atoms with Gasteiger partial charge < -0.3 is 14.7 Å². The van der Waals surface area contributed by atoms with Crippen molar-refractivity contribution in [3.63, 3.8) is 0 Å². The van der Waals surface area contributed by atoms with Crippen LogP contribution in [0.4, 0.5) is 0 Å². The number of amides is 1. The third-order valence-electron chi connectivity index (χ3n) is 7.86. The number of aryl methyl sites for hydroxylation is 1. The highest BCUT2D eigenvalue weighted by atomic mass is 16.5. The number of carbonyl (C=O) groups is 2. The molecule has 1 N–H and O–H groups in total. The molecule has 4 aromatic rings. The van der Waals surface area contributed by atoms with Crippen LogP contribution < -0.4 is 0 Å². The summed E-state index contributed by atoms with van der Waals surface area (Å²) in [6, 6.07) is 15.6. The maximum absolute atomic E-state index is 13.4. The SMILES string of the molecule is CCOC[C@@H]1CCCN1C(=O)c1cccc(-c2cccc(-n3ncc(C(=O)O)c3C3CC3c3cn(C)nn3)c2)c1. The second-order valence-corrected chi connectivity index (χ2v) is 10.5. The van der Waals surface area contributed by atoms with Gasteiger partial charge in [-0.3, -0.25) is 9.48 Å². The van der Waals surface area contributed by atoms with Gasteiger partial charge in [0.2, 0.25) is 0 Å². The van der Waals surface area contributed by atoms with Crippen molar-refractivity contribution in [2.24, 2.45) is 7.05 Å². The Balaban J connectivity index is 1.29. The van der Waals surface area contributed by atoms with E-state index in [1.165, 1.54) is 6.20 Å². The number of hydrogen-bond donors (Lipinski definition) is 1. The van der Waals surface area contributed by atoms with Gasteiger partial charge in [0.05, 0.1) is 35.9 Å². The summed E-state index contributed by atoms with van der Waals surface area (Å²) in [7, 11) is 1.82. The average Bonchev–Trinajstić information content (AvgIpc) is 3.29. The lowest BCUT2D eigenvalue weighted by atomic mass is 10.0. The highest BCUT2D eigenvalue weighted by molar-refractivity contribution is 5.96. The van der Waals surface area contributed by atoms with Crippen LogP contribution >= 0.6 is 0 Å². The molecule has 1 aliphatic carbocycles. The van der Waals surface area contributed by atoms with Crippen LogP contribution in [0.2, 0.25) is 0 Å². The van der Waals surface area contributed by atoms with E-state index in [4.69, 9.17) is 4.74 Å². The average molecular weight is 541 g/mol. The summed E-state index contributed by atoms with van der Waals surface area (Å²) >= 11 is 0. The number of likely N-dealkylation sites (tertiary alicyclic amines) is 1. The Kier molecular flexibility index (Phi) is 6.93. The first-order chi connectivity index (χ1) is 19.4. The Bertz CT molecular complexity index is 1560. The van der Waals surface area contributed by atoms with Crippen LogP contribution in [-0.4, -0.2) is 72.5 Å². The van der Waals surface area contributed by atoms with E-state index in [0.29, 0.717) is 24.5 Å². The quantitative estimate of drug-likeness (QED) is 0.337. The van der Waals surface area contributed by atoms with Gasteiger partial charge in [0.1, 0.15) is 5.56 Å². The predicted octanol–water partition coefficient (Wildman–Crippen LogP) is 4.28. The molecule has 2 unspecified atom stereocenters. The third kappa shape index (κ3) is 4.90. The van der Waals surface area contributed by atoms with E-state index in [0.717, 1.165) is 48.3 Å². The minimum Gasteiger partial charge on any atom is -0.478 e. The summed E-state index contributed by atoms with van der Waals surface area (Å²) in [6.07, 6.45) is 6.02. The molecule has 206 valence electrons. The zero-order chi connectivity index (χ0) is 27.8. The molecule has 0 radical (unpaired) electrons. The molecule has 40 heavy (non-hydrogen) atoms. The first kappa shape index (κ1) is 25.9. The van der Waals surface area contributed by atoms with E-state index < -0.39 is 5.97 Å². The molecule has 1 amide bonds. The predicted molar refractivity (Wildman–Crippen MR) is 148 cm³/mol. The fourth-order valence-electron chi connectivity index (χ4n) is 5.79. The summed E-state index contributed by atoms with van der Waals surface area (Å²) < 4.78 is 9.00. The van der Waals surface area contributed by atoms with Gasteiger partial charge in [-0.05, 0) is 61.6 Å². The number of nitrogens with zero attached hydrogens (tertiary/aromatic N) is 6. The summed E-state index contributed by atoms with van der Waals surface area (Å²) in [5, 5.41) is 22.7. The van der Waals surface area contributed by atoms with Crippen molar-refractivity contribution in [1.82, 2.24) is 29.7 Å². The molecule has 1 aliphatic heterocycles. The Labute approximate surface area is 232 Å². The van der Waals surface area contributed by atoms with Gasteiger partial charge in [0, 0.05) is 43.8 Å². The van der Waals surface area contributed by atoms with E-state index in [9.17, 15) is 14.7 Å². The fourth-order valence-corrected chi connectivity index (χ4v) is 5.79. The first-order valence-electron chi connectivity index (χ1n) is 13.7. The zero-order valence-electron chi connectivity index (χ0n) is 22.6. The molecule has 2 aromatic carbocycles. The number of aromatic nitrogens is 5. The lowest BCUT2D eigenvalue weighted by Crippen LogP contribution is -2.38. The van der Waals surface area contributed by atoms with Gasteiger partial charge in [-0.25, -0.2) is 9.48 Å². The fraction of sp³-hybridized carbons (Fsp3) is 0.367. The van der Waals surface area contributed by atoms with Crippen molar-refractivity contribution in [2.75, 3.05) is 19.8 Å².